The topological polar surface area (TPSA) is 137 Å². The Morgan fingerprint density at radius 2 is 1.53 bits per heavy atom. The van der Waals surface area contributed by atoms with Crippen LogP contribution >= 0.6 is 0 Å². The van der Waals surface area contributed by atoms with Crippen LogP contribution in [-0.2, 0) is 9.53 Å². The number of rotatable bonds is 6. The summed E-state index contributed by atoms with van der Waals surface area (Å²) >= 11 is 0. The van der Waals surface area contributed by atoms with Gasteiger partial charge in [0.1, 0.15) is 6.17 Å². The largest absolute Gasteiger partial charge is 0.463 e. The smallest absolute Gasteiger partial charge is 0.337 e. The lowest BCUT2D eigenvalue weighted by molar-refractivity contribution is -0.386. The summed E-state index contributed by atoms with van der Waals surface area (Å²) in [7, 11) is 0. The predicted octanol–water partition coefficient (Wildman–Crippen LogP) is 3.27. The summed E-state index contributed by atoms with van der Waals surface area (Å²) < 4.78 is 5.15. The summed E-state index contributed by atoms with van der Waals surface area (Å²) in [5.41, 5.74) is 0.909. The monoisotopic (exact) mass is 412 g/mol. The Balaban J connectivity index is 2.15. The molecule has 0 unspecified atom stereocenters. The van der Waals surface area contributed by atoms with Crippen LogP contribution in [0, 0.1) is 20.2 Å². The molecule has 10 heteroatoms. The van der Waals surface area contributed by atoms with Gasteiger partial charge in [0.25, 0.3) is 11.4 Å². The molecule has 2 aromatic rings. The van der Waals surface area contributed by atoms with Crippen molar-refractivity contribution in [3.05, 3.63) is 91.2 Å². The lowest BCUT2D eigenvalue weighted by Gasteiger charge is -2.34. The van der Waals surface area contributed by atoms with Crippen molar-refractivity contribution < 1.29 is 19.4 Å². The second-order valence-electron chi connectivity index (χ2n) is 6.57. The number of nitrogens with zero attached hydrogens (tertiary/aromatic N) is 2. The van der Waals surface area contributed by atoms with Crippen LogP contribution in [0.3, 0.4) is 0 Å². The second kappa shape index (κ2) is 8.70. The molecular formula is C20H20N4O6. The predicted molar refractivity (Wildman–Crippen MR) is 107 cm³/mol. The fraction of sp³-hybridized carbons (Fsp3) is 0.250. The maximum absolute atomic E-state index is 12.7. The van der Waals surface area contributed by atoms with Crippen molar-refractivity contribution in [2.45, 2.75) is 26.1 Å². The number of hydrogen-bond donors (Lipinski definition) is 2. The van der Waals surface area contributed by atoms with Gasteiger partial charge in [-0.1, -0.05) is 30.3 Å². The molecule has 0 radical (unpaired) electrons. The van der Waals surface area contributed by atoms with E-state index < -0.39 is 28.0 Å². The van der Waals surface area contributed by atoms with Gasteiger partial charge in [-0.3, -0.25) is 25.5 Å². The van der Waals surface area contributed by atoms with Crippen molar-refractivity contribution in [3.8, 4) is 0 Å². The summed E-state index contributed by atoms with van der Waals surface area (Å²) in [4.78, 5) is 34.7. The number of carbonyl (C=O) groups is 1. The van der Waals surface area contributed by atoms with Gasteiger partial charge >= 0.3 is 5.97 Å². The molecule has 1 aliphatic rings. The van der Waals surface area contributed by atoms with Crippen molar-refractivity contribution in [3.63, 3.8) is 0 Å². The average Bonchev–Trinajstić information content (AvgIpc) is 2.73. The van der Waals surface area contributed by atoms with E-state index in [1.165, 1.54) is 18.2 Å². The van der Waals surface area contributed by atoms with E-state index in [9.17, 15) is 25.0 Å². The first kappa shape index (κ1) is 20.9. The van der Waals surface area contributed by atoms with Gasteiger partial charge < -0.3 is 10.1 Å². The van der Waals surface area contributed by atoms with Gasteiger partial charge in [-0.05, 0) is 19.9 Å². The van der Waals surface area contributed by atoms with E-state index in [0.29, 0.717) is 11.3 Å². The standard InChI is InChI=1S/C20H20N4O6/c1-3-30-20(25)17-12(2)21-19(14-9-5-7-11-16(14)24(28)29)22-18(17)13-8-4-6-10-15(13)23(26)27/h4-11,18-19,21-22H,3H2,1-2H3/t18-,19-/m1/s1. The van der Waals surface area contributed by atoms with E-state index in [0.717, 1.165) is 0 Å². The Hall–Kier alpha value is -3.79. The molecule has 0 bridgehead atoms. The van der Waals surface area contributed by atoms with Crippen LogP contribution in [0.1, 0.15) is 37.2 Å². The van der Waals surface area contributed by atoms with Crippen molar-refractivity contribution in [2.24, 2.45) is 0 Å². The molecule has 3 rings (SSSR count). The van der Waals surface area contributed by atoms with Crippen LogP contribution in [0.5, 0.6) is 0 Å². The molecule has 0 aliphatic carbocycles. The summed E-state index contributed by atoms with van der Waals surface area (Å²) in [6.07, 6.45) is -0.755. The van der Waals surface area contributed by atoms with Gasteiger partial charge in [-0.25, -0.2) is 4.79 Å². The van der Waals surface area contributed by atoms with Crippen molar-refractivity contribution in [2.75, 3.05) is 6.61 Å². The average molecular weight is 412 g/mol. The molecule has 0 saturated heterocycles. The Kier molecular flexibility index (Phi) is 6.07. The minimum atomic E-state index is -0.906. The number of hydrogen-bond acceptors (Lipinski definition) is 8. The van der Waals surface area contributed by atoms with Gasteiger partial charge in [0.05, 0.1) is 39.2 Å². The summed E-state index contributed by atoms with van der Waals surface area (Å²) in [6, 6.07) is 11.3. The van der Waals surface area contributed by atoms with E-state index in [1.54, 1.807) is 44.2 Å². The molecule has 0 amide bonds. The number of benzene rings is 2. The summed E-state index contributed by atoms with van der Waals surface area (Å²) in [5, 5.41) is 29.2. The lowest BCUT2D eigenvalue weighted by atomic mass is 9.92. The SMILES string of the molecule is CCOC(=O)C1=C(C)N[C@@H](c2ccccc2[N+](=O)[O-])N[C@@H]1c1ccccc1[N+](=O)[O-]. The Morgan fingerprint density at radius 3 is 2.10 bits per heavy atom. The molecule has 1 heterocycles. The van der Waals surface area contributed by atoms with E-state index in [4.69, 9.17) is 4.74 Å². The number of nitrogens with one attached hydrogen (secondary N) is 2. The third-order valence-electron chi connectivity index (χ3n) is 4.77. The number of esters is 1. The Labute approximate surface area is 171 Å². The second-order valence-corrected chi connectivity index (χ2v) is 6.57. The fourth-order valence-corrected chi connectivity index (χ4v) is 3.49. The number of allylic oxidation sites excluding steroid dienone is 1. The number of carbonyl (C=O) groups excluding carboxylic acids is 1. The highest BCUT2D eigenvalue weighted by atomic mass is 16.6. The van der Waals surface area contributed by atoms with Crippen LogP contribution in [0.15, 0.2) is 59.8 Å². The van der Waals surface area contributed by atoms with E-state index in [1.807, 2.05) is 0 Å². The van der Waals surface area contributed by atoms with Gasteiger partial charge in [-0.15, -0.1) is 0 Å². The normalized spacial score (nSPS) is 18.5. The molecule has 30 heavy (non-hydrogen) atoms. The highest BCUT2D eigenvalue weighted by molar-refractivity contribution is 5.91. The minimum Gasteiger partial charge on any atom is -0.463 e. The highest BCUT2D eigenvalue weighted by Crippen LogP contribution is 2.37. The van der Waals surface area contributed by atoms with Crippen LogP contribution in [-0.4, -0.2) is 22.4 Å². The zero-order chi connectivity index (χ0) is 21.8. The van der Waals surface area contributed by atoms with E-state index in [-0.39, 0.29) is 29.1 Å². The first-order chi connectivity index (χ1) is 14.3. The van der Waals surface area contributed by atoms with Gasteiger partial charge in [-0.2, -0.15) is 0 Å². The van der Waals surface area contributed by atoms with Crippen molar-refractivity contribution in [1.82, 2.24) is 10.6 Å². The molecule has 0 spiro atoms. The maximum Gasteiger partial charge on any atom is 0.337 e. The van der Waals surface area contributed by atoms with Gasteiger partial charge in [0.2, 0.25) is 0 Å². The number of para-hydroxylation sites is 2. The molecule has 0 aromatic heterocycles. The zero-order valence-electron chi connectivity index (χ0n) is 16.3. The number of nitro groups is 2. The van der Waals surface area contributed by atoms with Gasteiger partial charge in [0, 0.05) is 17.8 Å². The third-order valence-corrected chi connectivity index (χ3v) is 4.77. The zero-order valence-corrected chi connectivity index (χ0v) is 16.3. The summed E-state index contributed by atoms with van der Waals surface area (Å²) in [6.45, 7) is 3.43. The first-order valence-electron chi connectivity index (χ1n) is 9.22. The fourth-order valence-electron chi connectivity index (χ4n) is 3.49. The number of nitro benzene ring substituents is 2. The highest BCUT2D eigenvalue weighted by Gasteiger charge is 2.38. The maximum atomic E-state index is 12.7. The van der Waals surface area contributed by atoms with Crippen LogP contribution in [0.25, 0.3) is 0 Å². The van der Waals surface area contributed by atoms with Crippen LogP contribution in [0.2, 0.25) is 0 Å². The number of ether oxygens (including phenoxy) is 1. The molecule has 10 nitrogen and oxygen atoms in total. The summed E-state index contributed by atoms with van der Waals surface area (Å²) in [5.74, 6) is -0.626. The molecule has 0 saturated carbocycles. The van der Waals surface area contributed by atoms with E-state index in [2.05, 4.69) is 10.6 Å². The first-order valence-corrected chi connectivity index (χ1v) is 9.22. The van der Waals surface area contributed by atoms with Crippen molar-refractivity contribution in [1.29, 1.82) is 0 Å². The molecule has 2 aromatic carbocycles. The third kappa shape index (κ3) is 3.98. The molecule has 2 N–H and O–H groups in total. The molecule has 1 aliphatic heterocycles. The molecule has 2 atom stereocenters. The van der Waals surface area contributed by atoms with Gasteiger partial charge in [0.15, 0.2) is 0 Å². The van der Waals surface area contributed by atoms with E-state index >= 15 is 0 Å². The van der Waals surface area contributed by atoms with Crippen molar-refractivity contribution >= 4 is 17.3 Å². The Bertz CT molecular complexity index is 1040. The Morgan fingerprint density at radius 1 is 1.00 bits per heavy atom. The molecule has 156 valence electrons. The molecular weight excluding hydrogens is 392 g/mol. The lowest BCUT2D eigenvalue weighted by Crippen LogP contribution is -2.44. The minimum absolute atomic E-state index is 0.115. The van der Waals surface area contributed by atoms with Crippen LogP contribution < -0.4 is 10.6 Å². The molecule has 0 fully saturated rings. The van der Waals surface area contributed by atoms with Crippen LogP contribution in [0.4, 0.5) is 11.4 Å². The quantitative estimate of drug-likeness (QED) is 0.419.